The van der Waals surface area contributed by atoms with E-state index in [9.17, 15) is 14.4 Å². The second kappa shape index (κ2) is 12.7. The van der Waals surface area contributed by atoms with Gasteiger partial charge >= 0.3 is 0 Å². The molecule has 0 aliphatic heterocycles. The minimum atomic E-state index is -0.392. The van der Waals surface area contributed by atoms with Gasteiger partial charge < -0.3 is 20.3 Å². The standard InChI is InChI=1S/C21H26Cl2N4O4S/c1-13(2)27(20(30)14-5-6-16(22)17(23)9-14)11-19(29)26-21-25-15(12-32-21)10-18(28)24-7-4-8-31-3/h5-6,9,12-13H,4,7-8,10-11H2,1-3H3,(H,24,28)(H,25,26,29). The quantitative estimate of drug-likeness (QED) is 0.458. The second-order valence-electron chi connectivity index (χ2n) is 7.22. The van der Waals surface area contributed by atoms with Gasteiger partial charge in [0, 0.05) is 37.2 Å². The van der Waals surface area contributed by atoms with Crippen LogP contribution in [0.4, 0.5) is 5.13 Å². The fourth-order valence-electron chi connectivity index (χ4n) is 2.71. The molecule has 0 aliphatic carbocycles. The molecule has 3 amide bonds. The Labute approximate surface area is 201 Å². The van der Waals surface area contributed by atoms with Crippen molar-refractivity contribution in [3.05, 3.63) is 44.9 Å². The number of carbonyl (C=O) groups is 3. The number of hydrogen-bond donors (Lipinski definition) is 2. The van der Waals surface area contributed by atoms with E-state index in [1.54, 1.807) is 24.6 Å². The van der Waals surface area contributed by atoms with Gasteiger partial charge in [0.2, 0.25) is 11.8 Å². The largest absolute Gasteiger partial charge is 0.385 e. The summed E-state index contributed by atoms with van der Waals surface area (Å²) in [7, 11) is 1.61. The SMILES string of the molecule is COCCCNC(=O)Cc1csc(NC(=O)CN(C(=O)c2ccc(Cl)c(Cl)c2)C(C)C)n1. The highest BCUT2D eigenvalue weighted by atomic mass is 35.5. The summed E-state index contributed by atoms with van der Waals surface area (Å²) in [5, 5.41) is 8.17. The van der Waals surface area contributed by atoms with Crippen molar-refractivity contribution in [2.75, 3.05) is 32.1 Å². The van der Waals surface area contributed by atoms with Crippen LogP contribution in [0.15, 0.2) is 23.6 Å². The van der Waals surface area contributed by atoms with E-state index in [0.29, 0.717) is 34.6 Å². The molecule has 0 spiro atoms. The zero-order chi connectivity index (χ0) is 23.7. The number of anilines is 1. The Balaban J connectivity index is 1.93. The number of aromatic nitrogens is 1. The zero-order valence-electron chi connectivity index (χ0n) is 18.1. The summed E-state index contributed by atoms with van der Waals surface area (Å²) in [6, 6.07) is 4.36. The average molecular weight is 501 g/mol. The molecule has 2 N–H and O–H groups in total. The van der Waals surface area contributed by atoms with Crippen LogP contribution in [0.25, 0.3) is 0 Å². The first-order chi connectivity index (χ1) is 15.2. The predicted molar refractivity (Wildman–Crippen MR) is 127 cm³/mol. The molecule has 1 aromatic heterocycles. The first-order valence-electron chi connectivity index (χ1n) is 9.97. The minimum absolute atomic E-state index is 0.118. The monoisotopic (exact) mass is 500 g/mol. The van der Waals surface area contributed by atoms with Crippen LogP contribution in [0, 0.1) is 0 Å². The Bertz CT molecular complexity index is 952. The summed E-state index contributed by atoms with van der Waals surface area (Å²) >= 11 is 13.1. The Morgan fingerprint density at radius 2 is 1.94 bits per heavy atom. The van der Waals surface area contributed by atoms with Crippen LogP contribution < -0.4 is 10.6 Å². The zero-order valence-corrected chi connectivity index (χ0v) is 20.4. The van der Waals surface area contributed by atoms with E-state index >= 15 is 0 Å². The number of amides is 3. The summed E-state index contributed by atoms with van der Waals surface area (Å²) in [6.07, 6.45) is 0.848. The molecule has 2 rings (SSSR count). The van der Waals surface area contributed by atoms with Gasteiger partial charge in [-0.2, -0.15) is 0 Å². The second-order valence-corrected chi connectivity index (χ2v) is 8.89. The molecular weight excluding hydrogens is 475 g/mol. The molecule has 0 saturated carbocycles. The third-order valence-electron chi connectivity index (χ3n) is 4.35. The number of halogens is 2. The molecule has 1 aromatic carbocycles. The predicted octanol–water partition coefficient (Wildman–Crippen LogP) is 3.63. The third kappa shape index (κ3) is 8.05. The number of benzene rings is 1. The van der Waals surface area contributed by atoms with Crippen LogP contribution in [0.3, 0.4) is 0 Å². The number of methoxy groups -OCH3 is 1. The lowest BCUT2D eigenvalue weighted by Gasteiger charge is -2.26. The van der Waals surface area contributed by atoms with E-state index in [1.807, 2.05) is 13.8 Å². The van der Waals surface area contributed by atoms with E-state index in [4.69, 9.17) is 27.9 Å². The minimum Gasteiger partial charge on any atom is -0.385 e. The normalized spacial score (nSPS) is 10.8. The van der Waals surface area contributed by atoms with Crippen molar-refractivity contribution in [1.29, 1.82) is 0 Å². The van der Waals surface area contributed by atoms with E-state index in [0.717, 1.165) is 6.42 Å². The van der Waals surface area contributed by atoms with Gasteiger partial charge in [-0.05, 0) is 38.5 Å². The fourth-order valence-corrected chi connectivity index (χ4v) is 3.74. The molecule has 1 heterocycles. The van der Waals surface area contributed by atoms with Gasteiger partial charge in [-0.15, -0.1) is 11.3 Å². The fraction of sp³-hybridized carbons (Fsp3) is 0.429. The average Bonchev–Trinajstić information content (AvgIpc) is 3.17. The molecule has 174 valence electrons. The van der Waals surface area contributed by atoms with Crippen LogP contribution in [-0.2, 0) is 20.7 Å². The van der Waals surface area contributed by atoms with Crippen LogP contribution in [0.2, 0.25) is 10.0 Å². The Hall–Kier alpha value is -2.20. The number of hydrogen-bond acceptors (Lipinski definition) is 6. The molecule has 0 radical (unpaired) electrons. The van der Waals surface area contributed by atoms with E-state index in [2.05, 4.69) is 15.6 Å². The van der Waals surface area contributed by atoms with Crippen LogP contribution in [0.1, 0.15) is 36.3 Å². The molecule has 0 saturated heterocycles. The lowest BCUT2D eigenvalue weighted by Crippen LogP contribution is -2.42. The maximum Gasteiger partial charge on any atom is 0.254 e. The lowest BCUT2D eigenvalue weighted by atomic mass is 10.1. The third-order valence-corrected chi connectivity index (χ3v) is 5.90. The first-order valence-corrected chi connectivity index (χ1v) is 11.6. The van der Waals surface area contributed by atoms with Crippen LogP contribution in [-0.4, -0.2) is 60.5 Å². The highest BCUT2D eigenvalue weighted by molar-refractivity contribution is 7.13. The number of nitrogens with zero attached hydrogens (tertiary/aromatic N) is 2. The Morgan fingerprint density at radius 3 is 2.59 bits per heavy atom. The molecule has 32 heavy (non-hydrogen) atoms. The van der Waals surface area contributed by atoms with E-state index in [1.165, 1.54) is 22.3 Å². The smallest absolute Gasteiger partial charge is 0.254 e. The summed E-state index contributed by atoms with van der Waals surface area (Å²) in [4.78, 5) is 43.1. The van der Waals surface area contributed by atoms with Gasteiger partial charge in [0.1, 0.15) is 6.54 Å². The number of thiazole rings is 1. The molecule has 8 nitrogen and oxygen atoms in total. The maximum atomic E-state index is 12.9. The molecule has 0 atom stereocenters. The summed E-state index contributed by atoms with van der Waals surface area (Å²) < 4.78 is 4.94. The van der Waals surface area contributed by atoms with Crippen molar-refractivity contribution in [3.63, 3.8) is 0 Å². The van der Waals surface area contributed by atoms with Crippen molar-refractivity contribution in [3.8, 4) is 0 Å². The van der Waals surface area contributed by atoms with Gasteiger partial charge in [0.15, 0.2) is 5.13 Å². The summed E-state index contributed by atoms with van der Waals surface area (Å²) in [5.74, 6) is -0.877. The highest BCUT2D eigenvalue weighted by Crippen LogP contribution is 2.24. The van der Waals surface area contributed by atoms with Crippen molar-refractivity contribution >= 4 is 57.4 Å². The molecule has 0 unspecified atom stereocenters. The maximum absolute atomic E-state index is 12.9. The molecule has 0 bridgehead atoms. The Morgan fingerprint density at radius 1 is 1.19 bits per heavy atom. The first kappa shape index (κ1) is 26.1. The number of rotatable bonds is 11. The van der Waals surface area contributed by atoms with Gasteiger partial charge in [0.05, 0.1) is 22.2 Å². The molecular formula is C21H26Cl2N4O4S. The molecule has 0 fully saturated rings. The van der Waals surface area contributed by atoms with Crippen LogP contribution in [0.5, 0.6) is 0 Å². The summed E-state index contributed by atoms with van der Waals surface area (Å²) in [6.45, 7) is 4.57. The number of ether oxygens (including phenoxy) is 1. The van der Waals surface area contributed by atoms with Crippen LogP contribution >= 0.6 is 34.5 Å². The van der Waals surface area contributed by atoms with Gasteiger partial charge in [-0.1, -0.05) is 23.2 Å². The van der Waals surface area contributed by atoms with Gasteiger partial charge in [-0.3, -0.25) is 14.4 Å². The molecule has 11 heteroatoms. The van der Waals surface area contributed by atoms with Crippen molar-refractivity contribution < 1.29 is 19.1 Å². The summed E-state index contributed by atoms with van der Waals surface area (Å²) in [5.41, 5.74) is 0.899. The van der Waals surface area contributed by atoms with Gasteiger partial charge in [0.25, 0.3) is 5.91 Å². The van der Waals surface area contributed by atoms with E-state index < -0.39 is 5.91 Å². The number of nitrogens with one attached hydrogen (secondary N) is 2. The molecule has 2 aromatic rings. The number of carbonyl (C=O) groups excluding carboxylic acids is 3. The Kier molecular flexibility index (Phi) is 10.4. The topological polar surface area (TPSA) is 101 Å². The van der Waals surface area contributed by atoms with E-state index in [-0.39, 0.29) is 35.8 Å². The lowest BCUT2D eigenvalue weighted by molar-refractivity contribution is -0.120. The highest BCUT2D eigenvalue weighted by Gasteiger charge is 2.23. The van der Waals surface area contributed by atoms with Crippen molar-refractivity contribution in [2.45, 2.75) is 32.7 Å². The van der Waals surface area contributed by atoms with Gasteiger partial charge in [-0.25, -0.2) is 4.98 Å². The molecule has 0 aliphatic rings. The van der Waals surface area contributed by atoms with Crippen molar-refractivity contribution in [2.24, 2.45) is 0 Å². The van der Waals surface area contributed by atoms with Crippen molar-refractivity contribution in [1.82, 2.24) is 15.2 Å².